The highest BCUT2D eigenvalue weighted by atomic mass is 19.4. The molecule has 4 rings (SSSR count). The molecule has 1 fully saturated rings. The summed E-state index contributed by atoms with van der Waals surface area (Å²) < 4.78 is 47.8. The van der Waals surface area contributed by atoms with Gasteiger partial charge in [0.1, 0.15) is 17.1 Å². The quantitative estimate of drug-likeness (QED) is 0.432. The van der Waals surface area contributed by atoms with Crippen LogP contribution in [0.2, 0.25) is 0 Å². The van der Waals surface area contributed by atoms with Gasteiger partial charge in [-0.05, 0) is 46.5 Å². The summed E-state index contributed by atoms with van der Waals surface area (Å²) in [5.41, 5.74) is 3.63. The number of ether oxygens (including phenoxy) is 1. The second-order valence-electron chi connectivity index (χ2n) is 9.23. The molecule has 0 bridgehead atoms. The molecule has 0 aliphatic heterocycles. The third-order valence-corrected chi connectivity index (χ3v) is 6.68. The summed E-state index contributed by atoms with van der Waals surface area (Å²) in [5, 5.41) is 20.0. The number of nitrogens with one attached hydrogen (secondary N) is 2. The van der Waals surface area contributed by atoms with Gasteiger partial charge in [0.25, 0.3) is 0 Å². The van der Waals surface area contributed by atoms with Gasteiger partial charge in [-0.25, -0.2) is 4.98 Å². The monoisotopic (exact) mass is 494 g/mol. The van der Waals surface area contributed by atoms with E-state index in [1.54, 1.807) is 0 Å². The number of aliphatic hydroxyl groups is 1. The fraction of sp³-hybridized carbons (Fsp3) is 0.583. The maximum absolute atomic E-state index is 12.5. The number of hydrogen-bond donors (Lipinski definition) is 3. The number of hydrogen-bond acceptors (Lipinski definition) is 6. The van der Waals surface area contributed by atoms with Crippen LogP contribution in [0.15, 0.2) is 18.2 Å². The summed E-state index contributed by atoms with van der Waals surface area (Å²) in [7, 11) is 1.96. The first-order valence-electron chi connectivity index (χ1n) is 12.0. The molecule has 2 heterocycles. The fourth-order valence-electron chi connectivity index (χ4n) is 4.54. The Balaban J connectivity index is 1.45. The summed E-state index contributed by atoms with van der Waals surface area (Å²) in [4.78, 5) is 4.71. The van der Waals surface area contributed by atoms with Crippen molar-refractivity contribution in [2.45, 2.75) is 77.4 Å². The lowest BCUT2D eigenvalue weighted by Gasteiger charge is -2.30. The number of imidazole rings is 1. The Hall–Kier alpha value is -2.79. The largest absolute Gasteiger partial charge is 0.490 e. The van der Waals surface area contributed by atoms with Crippen LogP contribution in [0, 0.1) is 13.8 Å². The molecule has 8 nitrogen and oxygen atoms in total. The molecule has 3 N–H and O–H groups in total. The summed E-state index contributed by atoms with van der Waals surface area (Å²) in [6.07, 6.45) is -4.20. The van der Waals surface area contributed by atoms with E-state index in [4.69, 9.17) is 9.72 Å². The fourth-order valence-corrected chi connectivity index (χ4v) is 4.54. The molecule has 1 aromatic carbocycles. The summed E-state index contributed by atoms with van der Waals surface area (Å²) in [5.74, 6) is 2.32. The zero-order chi connectivity index (χ0) is 25.3. The zero-order valence-corrected chi connectivity index (χ0v) is 20.5. The first kappa shape index (κ1) is 25.3. The van der Waals surface area contributed by atoms with E-state index < -0.39 is 18.8 Å². The van der Waals surface area contributed by atoms with Crippen molar-refractivity contribution in [3.05, 3.63) is 29.7 Å². The molecule has 2 aromatic heterocycles. The van der Waals surface area contributed by atoms with Crippen LogP contribution in [-0.4, -0.2) is 55.4 Å². The van der Waals surface area contributed by atoms with E-state index in [1.807, 2.05) is 55.3 Å². The highest BCUT2D eigenvalue weighted by Gasteiger charge is 2.38. The predicted octanol–water partition coefficient (Wildman–Crippen LogP) is 4.35. The van der Waals surface area contributed by atoms with Crippen LogP contribution in [0.1, 0.15) is 44.1 Å². The third-order valence-electron chi connectivity index (χ3n) is 6.68. The highest BCUT2D eigenvalue weighted by Crippen LogP contribution is 2.33. The molecule has 0 unspecified atom stereocenters. The van der Waals surface area contributed by atoms with Crippen LogP contribution in [-0.2, 0) is 13.6 Å². The topological polar surface area (TPSA) is 89.2 Å². The Morgan fingerprint density at radius 2 is 1.89 bits per heavy atom. The van der Waals surface area contributed by atoms with Gasteiger partial charge in [-0.15, -0.1) is 0 Å². The predicted molar refractivity (Wildman–Crippen MR) is 128 cm³/mol. The van der Waals surface area contributed by atoms with Crippen molar-refractivity contribution >= 4 is 22.5 Å². The Bertz CT molecular complexity index is 1160. The molecule has 1 aliphatic carbocycles. The smallest absolute Gasteiger partial charge is 0.415 e. The number of aromatic nitrogens is 4. The lowest BCUT2D eigenvalue weighted by molar-refractivity contribution is -0.202. The van der Waals surface area contributed by atoms with E-state index in [-0.39, 0.29) is 12.1 Å². The van der Waals surface area contributed by atoms with Crippen LogP contribution in [0.5, 0.6) is 5.75 Å². The van der Waals surface area contributed by atoms with E-state index >= 15 is 0 Å². The molecular formula is C24H33F3N6O2. The van der Waals surface area contributed by atoms with Gasteiger partial charge in [0.05, 0.1) is 17.3 Å². The molecule has 1 aliphatic rings. The van der Waals surface area contributed by atoms with Gasteiger partial charge in [-0.2, -0.15) is 18.3 Å². The summed E-state index contributed by atoms with van der Waals surface area (Å²) in [6.45, 7) is 6.29. The molecule has 192 valence electrons. The number of aliphatic hydroxyl groups excluding tert-OH is 1. The van der Waals surface area contributed by atoms with Crippen molar-refractivity contribution < 1.29 is 23.0 Å². The number of rotatable bonds is 8. The van der Waals surface area contributed by atoms with Crippen molar-refractivity contribution in [1.82, 2.24) is 24.6 Å². The van der Waals surface area contributed by atoms with Crippen molar-refractivity contribution in [2.24, 2.45) is 7.05 Å². The normalized spacial score (nSPS) is 19.8. The molecule has 1 atom stereocenters. The van der Waals surface area contributed by atoms with Gasteiger partial charge in [0.2, 0.25) is 0 Å². The van der Waals surface area contributed by atoms with E-state index in [9.17, 15) is 18.3 Å². The molecule has 1 saturated carbocycles. The van der Waals surface area contributed by atoms with Gasteiger partial charge in [0.15, 0.2) is 11.9 Å². The van der Waals surface area contributed by atoms with Crippen molar-refractivity contribution in [3.63, 3.8) is 0 Å². The standard InChI is InChI=1S/C24H33F3N6O2/c1-5-33-14(2)10-22(31-33)30-19-11-18(12-20-23(19)29-15(3)32(20)4)35-17-8-6-16(7-9-17)28-13-21(34)24(25,26)27/h10-12,16-17,21,28,34H,5-9,13H2,1-4H3,(H,30,31)/t16?,17?,21-/m1/s1. The minimum Gasteiger partial charge on any atom is -0.490 e. The highest BCUT2D eigenvalue weighted by molar-refractivity contribution is 5.92. The number of halogens is 3. The number of benzene rings is 1. The number of fused-ring (bicyclic) bond motifs is 1. The van der Waals surface area contributed by atoms with Crippen molar-refractivity contribution in [3.8, 4) is 5.75 Å². The van der Waals surface area contributed by atoms with Crippen LogP contribution in [0.4, 0.5) is 24.7 Å². The van der Waals surface area contributed by atoms with E-state index in [2.05, 4.69) is 15.7 Å². The first-order valence-corrected chi connectivity index (χ1v) is 12.0. The average Bonchev–Trinajstić information content (AvgIpc) is 3.31. The van der Waals surface area contributed by atoms with E-state index in [0.29, 0.717) is 31.4 Å². The molecule has 35 heavy (non-hydrogen) atoms. The minimum atomic E-state index is -4.60. The Morgan fingerprint density at radius 3 is 2.51 bits per heavy atom. The van der Waals surface area contributed by atoms with Gasteiger partial charge in [0, 0.05) is 50.1 Å². The second-order valence-corrected chi connectivity index (χ2v) is 9.23. The number of alkyl halides is 3. The SMILES string of the molecule is CCn1nc(Nc2cc(OC3CCC(NC[C@@H](O)C(F)(F)F)CC3)cc3c2nc(C)n3C)cc1C. The Labute approximate surface area is 202 Å². The number of anilines is 2. The maximum Gasteiger partial charge on any atom is 0.415 e. The first-order chi connectivity index (χ1) is 16.5. The minimum absolute atomic E-state index is 0.0400. The van der Waals surface area contributed by atoms with Crippen molar-refractivity contribution in [2.75, 3.05) is 11.9 Å². The molecule has 0 saturated heterocycles. The zero-order valence-electron chi connectivity index (χ0n) is 20.5. The molecule has 3 aromatic rings. The number of aryl methyl sites for hydroxylation is 4. The third kappa shape index (κ3) is 5.72. The maximum atomic E-state index is 12.5. The van der Waals surface area contributed by atoms with Gasteiger partial charge in [-0.1, -0.05) is 0 Å². The van der Waals surface area contributed by atoms with Gasteiger partial charge in [-0.3, -0.25) is 4.68 Å². The molecular weight excluding hydrogens is 461 g/mol. The molecule has 0 radical (unpaired) electrons. The lowest BCUT2D eigenvalue weighted by Crippen LogP contribution is -2.44. The van der Waals surface area contributed by atoms with Crippen LogP contribution in [0.25, 0.3) is 11.0 Å². The molecule has 0 amide bonds. The van der Waals surface area contributed by atoms with Crippen LogP contribution in [0.3, 0.4) is 0 Å². The van der Waals surface area contributed by atoms with Crippen molar-refractivity contribution in [1.29, 1.82) is 0 Å². The molecule has 11 heteroatoms. The van der Waals surface area contributed by atoms with E-state index in [0.717, 1.165) is 40.6 Å². The molecule has 0 spiro atoms. The number of nitrogens with zero attached hydrogens (tertiary/aromatic N) is 4. The van der Waals surface area contributed by atoms with Gasteiger partial charge >= 0.3 is 6.18 Å². The second kappa shape index (κ2) is 10.1. The Morgan fingerprint density at radius 1 is 1.17 bits per heavy atom. The summed E-state index contributed by atoms with van der Waals surface area (Å²) in [6, 6.07) is 5.82. The van der Waals surface area contributed by atoms with Crippen LogP contribution < -0.4 is 15.4 Å². The lowest BCUT2D eigenvalue weighted by atomic mass is 9.93. The summed E-state index contributed by atoms with van der Waals surface area (Å²) >= 11 is 0. The average molecular weight is 495 g/mol. The van der Waals surface area contributed by atoms with E-state index in [1.165, 1.54) is 0 Å². The Kier molecular flexibility index (Phi) is 7.27. The van der Waals surface area contributed by atoms with Gasteiger partial charge < -0.3 is 25.0 Å². The van der Waals surface area contributed by atoms with Crippen LogP contribution >= 0.6 is 0 Å².